The second-order valence-electron chi connectivity index (χ2n) is 3.56. The summed E-state index contributed by atoms with van der Waals surface area (Å²) >= 11 is 1.36. The third-order valence-electron chi connectivity index (χ3n) is 2.28. The predicted molar refractivity (Wildman–Crippen MR) is 70.8 cm³/mol. The minimum atomic E-state index is -1.15. The topological polar surface area (TPSA) is 49.7 Å². The molecule has 0 radical (unpaired) electrons. The molecule has 1 aromatic carbocycles. The third kappa shape index (κ3) is 2.58. The molecule has 6 heteroatoms. The average Bonchev–Trinajstić information content (AvgIpc) is 2.75. The van der Waals surface area contributed by atoms with Gasteiger partial charge in [0.25, 0.3) is 0 Å². The molecule has 0 aliphatic carbocycles. The van der Waals surface area contributed by atoms with Crippen LogP contribution in [0.3, 0.4) is 0 Å². The number of hydrazone groups is 1. The molecule has 1 unspecified atom stereocenters. The SMILES string of the molecule is CC(=O)N1N=C(S(C)=O)S[C@H]1c1ccccc1. The van der Waals surface area contributed by atoms with Crippen molar-refractivity contribution >= 4 is 32.8 Å². The van der Waals surface area contributed by atoms with E-state index in [1.54, 1.807) is 6.26 Å². The van der Waals surface area contributed by atoms with E-state index in [0.29, 0.717) is 4.38 Å². The Labute approximate surface area is 107 Å². The van der Waals surface area contributed by atoms with Gasteiger partial charge in [-0.3, -0.25) is 9.00 Å². The Bertz CT molecular complexity index is 488. The molecule has 17 heavy (non-hydrogen) atoms. The number of benzene rings is 1. The summed E-state index contributed by atoms with van der Waals surface area (Å²) in [6, 6.07) is 9.61. The van der Waals surface area contributed by atoms with Crippen molar-refractivity contribution in [3.05, 3.63) is 35.9 Å². The molecule has 1 aromatic rings. The summed E-state index contributed by atoms with van der Waals surface area (Å²) in [4.78, 5) is 11.5. The van der Waals surface area contributed by atoms with E-state index in [2.05, 4.69) is 5.10 Å². The summed E-state index contributed by atoms with van der Waals surface area (Å²) in [5, 5.41) is 5.29. The Morgan fingerprint density at radius 2 is 2.06 bits per heavy atom. The summed E-state index contributed by atoms with van der Waals surface area (Å²) < 4.78 is 11.9. The Balaban J connectivity index is 2.31. The second kappa shape index (κ2) is 5.01. The maximum absolute atomic E-state index is 11.5. The molecular formula is C11H12N2O2S2. The van der Waals surface area contributed by atoms with E-state index >= 15 is 0 Å². The van der Waals surface area contributed by atoms with Crippen molar-refractivity contribution in [1.29, 1.82) is 0 Å². The monoisotopic (exact) mass is 268 g/mol. The molecule has 0 saturated carbocycles. The van der Waals surface area contributed by atoms with Crippen LogP contribution in [-0.4, -0.2) is 25.8 Å². The Kier molecular flexibility index (Phi) is 3.63. The summed E-state index contributed by atoms with van der Waals surface area (Å²) in [6.45, 7) is 1.46. The van der Waals surface area contributed by atoms with Gasteiger partial charge in [-0.25, -0.2) is 5.01 Å². The number of hydrogen-bond acceptors (Lipinski definition) is 4. The highest BCUT2D eigenvalue weighted by molar-refractivity contribution is 8.33. The highest BCUT2D eigenvalue weighted by atomic mass is 32.2. The molecular weight excluding hydrogens is 256 g/mol. The van der Waals surface area contributed by atoms with Crippen LogP contribution in [0.25, 0.3) is 0 Å². The minimum absolute atomic E-state index is 0.146. The molecule has 0 fully saturated rings. The molecule has 1 heterocycles. The lowest BCUT2D eigenvalue weighted by atomic mass is 10.2. The lowest BCUT2D eigenvalue weighted by molar-refractivity contribution is -0.129. The maximum Gasteiger partial charge on any atom is 0.240 e. The van der Waals surface area contributed by atoms with Crippen molar-refractivity contribution in [2.45, 2.75) is 12.3 Å². The average molecular weight is 268 g/mol. The van der Waals surface area contributed by atoms with E-state index < -0.39 is 10.8 Å². The van der Waals surface area contributed by atoms with Crippen LogP contribution in [0.2, 0.25) is 0 Å². The number of carbonyl (C=O) groups is 1. The van der Waals surface area contributed by atoms with Crippen molar-refractivity contribution < 1.29 is 9.00 Å². The van der Waals surface area contributed by atoms with Gasteiger partial charge >= 0.3 is 0 Å². The first-order valence-corrected chi connectivity index (χ1v) is 7.47. The quantitative estimate of drug-likeness (QED) is 0.782. The molecule has 90 valence electrons. The van der Waals surface area contributed by atoms with Gasteiger partial charge in [0.2, 0.25) is 5.91 Å². The van der Waals surface area contributed by atoms with Crippen LogP contribution in [0.5, 0.6) is 0 Å². The molecule has 1 aliphatic heterocycles. The number of nitrogens with zero attached hydrogens (tertiary/aromatic N) is 2. The van der Waals surface area contributed by atoms with Crippen molar-refractivity contribution in [3.8, 4) is 0 Å². The van der Waals surface area contributed by atoms with Gasteiger partial charge in [0.05, 0.1) is 10.8 Å². The Morgan fingerprint density at radius 1 is 1.41 bits per heavy atom. The van der Waals surface area contributed by atoms with Gasteiger partial charge < -0.3 is 0 Å². The molecule has 0 spiro atoms. The van der Waals surface area contributed by atoms with Gasteiger partial charge in [0.1, 0.15) is 5.37 Å². The van der Waals surface area contributed by atoms with Crippen LogP contribution >= 0.6 is 11.8 Å². The highest BCUT2D eigenvalue weighted by Gasteiger charge is 2.32. The fourth-order valence-corrected chi connectivity index (χ4v) is 3.43. The van der Waals surface area contributed by atoms with Crippen LogP contribution in [0, 0.1) is 0 Å². The molecule has 4 nitrogen and oxygen atoms in total. The van der Waals surface area contributed by atoms with Gasteiger partial charge in [-0.1, -0.05) is 42.1 Å². The molecule has 1 amide bonds. The van der Waals surface area contributed by atoms with E-state index in [-0.39, 0.29) is 11.3 Å². The molecule has 0 saturated heterocycles. The fraction of sp³-hybridized carbons (Fsp3) is 0.273. The molecule has 0 bridgehead atoms. The zero-order chi connectivity index (χ0) is 12.4. The highest BCUT2D eigenvalue weighted by Crippen LogP contribution is 2.39. The van der Waals surface area contributed by atoms with E-state index in [0.717, 1.165) is 5.56 Å². The number of amides is 1. The van der Waals surface area contributed by atoms with Crippen LogP contribution < -0.4 is 0 Å². The molecule has 0 N–H and O–H groups in total. The fourth-order valence-electron chi connectivity index (χ4n) is 1.50. The first kappa shape index (κ1) is 12.3. The normalized spacial score (nSPS) is 21.2. The smallest absolute Gasteiger partial charge is 0.240 e. The second-order valence-corrected chi connectivity index (χ2v) is 6.19. The maximum atomic E-state index is 11.5. The number of thioether (sulfide) groups is 1. The largest absolute Gasteiger partial charge is 0.273 e. The molecule has 2 atom stereocenters. The van der Waals surface area contributed by atoms with Crippen LogP contribution in [0.4, 0.5) is 0 Å². The Morgan fingerprint density at radius 3 is 2.59 bits per heavy atom. The van der Waals surface area contributed by atoms with Crippen LogP contribution in [0.15, 0.2) is 35.4 Å². The predicted octanol–water partition coefficient (Wildman–Crippen LogP) is 1.93. The number of carbonyl (C=O) groups excluding carboxylic acids is 1. The van der Waals surface area contributed by atoms with Crippen molar-refractivity contribution in [2.75, 3.05) is 6.26 Å². The minimum Gasteiger partial charge on any atom is -0.273 e. The summed E-state index contributed by atoms with van der Waals surface area (Å²) in [5.41, 5.74) is 0.983. The summed E-state index contributed by atoms with van der Waals surface area (Å²) in [6.07, 6.45) is 1.57. The molecule has 0 aromatic heterocycles. The van der Waals surface area contributed by atoms with Crippen molar-refractivity contribution in [3.63, 3.8) is 0 Å². The zero-order valence-electron chi connectivity index (χ0n) is 9.49. The lowest BCUT2D eigenvalue weighted by Crippen LogP contribution is -2.22. The zero-order valence-corrected chi connectivity index (χ0v) is 11.1. The summed E-state index contributed by atoms with van der Waals surface area (Å²) in [7, 11) is -1.15. The number of rotatable bonds is 1. The van der Waals surface area contributed by atoms with Crippen LogP contribution in [0.1, 0.15) is 17.9 Å². The van der Waals surface area contributed by atoms with Crippen LogP contribution in [-0.2, 0) is 15.6 Å². The molecule has 1 aliphatic rings. The lowest BCUT2D eigenvalue weighted by Gasteiger charge is -2.18. The van der Waals surface area contributed by atoms with Gasteiger partial charge in [-0.2, -0.15) is 5.10 Å². The van der Waals surface area contributed by atoms with E-state index in [1.807, 2.05) is 30.3 Å². The first-order chi connectivity index (χ1) is 8.09. The van der Waals surface area contributed by atoms with Gasteiger partial charge in [-0.05, 0) is 5.56 Å². The van der Waals surface area contributed by atoms with Crippen molar-refractivity contribution in [1.82, 2.24) is 5.01 Å². The van der Waals surface area contributed by atoms with Gasteiger partial charge in [0, 0.05) is 13.2 Å². The van der Waals surface area contributed by atoms with Crippen molar-refractivity contribution in [2.24, 2.45) is 5.10 Å². The first-order valence-electron chi connectivity index (χ1n) is 5.03. The van der Waals surface area contributed by atoms with Gasteiger partial charge in [0.15, 0.2) is 4.38 Å². The van der Waals surface area contributed by atoms with E-state index in [9.17, 15) is 9.00 Å². The van der Waals surface area contributed by atoms with E-state index in [4.69, 9.17) is 0 Å². The standard InChI is InChI=1S/C11H12N2O2S2/c1-8(14)13-10(9-6-4-3-5-7-9)16-11(12-13)17(2)15/h3-7,10H,1-2H3/t10-,17?/m0/s1. The Hall–Kier alpha value is -1.14. The number of hydrogen-bond donors (Lipinski definition) is 0. The summed E-state index contributed by atoms with van der Waals surface area (Å²) in [5.74, 6) is -0.146. The third-order valence-corrected chi connectivity index (χ3v) is 4.82. The van der Waals surface area contributed by atoms with Gasteiger partial charge in [-0.15, -0.1) is 0 Å². The van der Waals surface area contributed by atoms with E-state index in [1.165, 1.54) is 23.7 Å². The molecule has 2 rings (SSSR count).